The van der Waals surface area contributed by atoms with Crippen LogP contribution < -0.4 is 5.32 Å². The van der Waals surface area contributed by atoms with Crippen molar-refractivity contribution in [2.24, 2.45) is 0 Å². The molecule has 0 amide bonds. The first-order valence-electron chi connectivity index (χ1n) is 6.05. The lowest BCUT2D eigenvalue weighted by Gasteiger charge is -2.00. The molecule has 2 rings (SSSR count). The topological polar surface area (TPSA) is 42.2 Å². The molecule has 0 atom stereocenters. The molecule has 0 aliphatic heterocycles. The summed E-state index contributed by atoms with van der Waals surface area (Å²) in [5.41, 5.74) is 0.655. The van der Waals surface area contributed by atoms with E-state index in [9.17, 15) is 4.39 Å². The van der Waals surface area contributed by atoms with Gasteiger partial charge in [-0.05, 0) is 18.6 Å². The number of aromatic nitrogens is 3. The van der Waals surface area contributed by atoms with Gasteiger partial charge in [0.25, 0.3) is 0 Å². The van der Waals surface area contributed by atoms with E-state index < -0.39 is 0 Å². The third kappa shape index (κ3) is 3.15. The van der Waals surface area contributed by atoms with Crippen LogP contribution in [-0.2, 0) is 0 Å². The summed E-state index contributed by atoms with van der Waals surface area (Å²) >= 11 is 0. The van der Waals surface area contributed by atoms with E-state index in [-0.39, 0.29) is 5.82 Å². The zero-order valence-corrected chi connectivity index (χ0v) is 9.99. The van der Waals surface area contributed by atoms with Crippen molar-refractivity contribution in [3.8, 4) is 0 Å². The van der Waals surface area contributed by atoms with Gasteiger partial charge < -0.3 is 5.32 Å². The van der Waals surface area contributed by atoms with E-state index in [0.717, 1.165) is 13.0 Å². The van der Waals surface area contributed by atoms with E-state index in [1.807, 2.05) is 0 Å². The Morgan fingerprint density at radius 2 is 2.18 bits per heavy atom. The molecule has 0 aliphatic carbocycles. The average molecular weight is 236 g/mol. The molecule has 1 N–H and O–H groups in total. The lowest BCUT2D eigenvalue weighted by atomic mass is 10.2. The molecule has 0 unspecified atom stereocenters. The van der Waals surface area contributed by atoms with E-state index in [4.69, 9.17) is 0 Å². The molecular formula is C12H17FN4. The van der Waals surface area contributed by atoms with Crippen LogP contribution in [0.25, 0.3) is 5.65 Å². The molecule has 5 heteroatoms. The van der Waals surface area contributed by atoms with Gasteiger partial charge in [-0.3, -0.25) is 0 Å². The standard InChI is InChI=1S/C12H17FN4/c1-2-3-4-5-8-14-12-15-11-7-6-10(13)9-17(11)16-12/h6-7,9H,2-5,8H2,1H3,(H,14,16). The van der Waals surface area contributed by atoms with Crippen molar-refractivity contribution in [1.82, 2.24) is 14.6 Å². The fraction of sp³-hybridized carbons (Fsp3) is 0.500. The fourth-order valence-electron chi connectivity index (χ4n) is 1.68. The highest BCUT2D eigenvalue weighted by molar-refractivity contribution is 5.42. The fourth-order valence-corrected chi connectivity index (χ4v) is 1.68. The second kappa shape index (κ2) is 5.61. The van der Waals surface area contributed by atoms with Crippen LogP contribution in [0.1, 0.15) is 32.6 Å². The molecule has 0 aromatic carbocycles. The van der Waals surface area contributed by atoms with E-state index >= 15 is 0 Å². The summed E-state index contributed by atoms with van der Waals surface area (Å²) in [4.78, 5) is 4.25. The predicted octanol–water partition coefficient (Wildman–Crippen LogP) is 2.86. The monoisotopic (exact) mass is 236 g/mol. The summed E-state index contributed by atoms with van der Waals surface area (Å²) in [6.07, 6.45) is 6.13. The van der Waals surface area contributed by atoms with Gasteiger partial charge in [-0.1, -0.05) is 26.2 Å². The van der Waals surface area contributed by atoms with Crippen LogP contribution in [0.15, 0.2) is 18.3 Å². The van der Waals surface area contributed by atoms with Gasteiger partial charge in [-0.2, -0.15) is 4.98 Å². The zero-order valence-electron chi connectivity index (χ0n) is 9.99. The lowest BCUT2D eigenvalue weighted by Crippen LogP contribution is -2.03. The van der Waals surface area contributed by atoms with Crippen molar-refractivity contribution in [2.75, 3.05) is 11.9 Å². The normalized spacial score (nSPS) is 10.9. The Kier molecular flexibility index (Phi) is 3.90. The molecule has 2 aromatic rings. The number of unbranched alkanes of at least 4 members (excludes halogenated alkanes) is 3. The highest BCUT2D eigenvalue weighted by atomic mass is 19.1. The van der Waals surface area contributed by atoms with Crippen LogP contribution in [0, 0.1) is 5.82 Å². The zero-order chi connectivity index (χ0) is 12.1. The highest BCUT2D eigenvalue weighted by Crippen LogP contribution is 2.07. The van der Waals surface area contributed by atoms with Crippen LogP contribution in [0.3, 0.4) is 0 Å². The van der Waals surface area contributed by atoms with Crippen LogP contribution >= 0.6 is 0 Å². The molecule has 0 fully saturated rings. The van der Waals surface area contributed by atoms with Gasteiger partial charge >= 0.3 is 0 Å². The van der Waals surface area contributed by atoms with Crippen LogP contribution in [0.4, 0.5) is 10.3 Å². The largest absolute Gasteiger partial charge is 0.353 e. The molecule has 0 spiro atoms. The summed E-state index contributed by atoms with van der Waals surface area (Å²) in [5.74, 6) is 0.254. The van der Waals surface area contributed by atoms with Gasteiger partial charge in [0.2, 0.25) is 5.95 Å². The number of nitrogens with zero attached hydrogens (tertiary/aromatic N) is 3. The van der Waals surface area contributed by atoms with Gasteiger partial charge in [0.05, 0.1) is 6.20 Å². The maximum absolute atomic E-state index is 12.9. The highest BCUT2D eigenvalue weighted by Gasteiger charge is 2.02. The third-order valence-electron chi connectivity index (χ3n) is 2.61. The minimum absolute atomic E-state index is 0.308. The number of hydrogen-bond acceptors (Lipinski definition) is 3. The van der Waals surface area contributed by atoms with E-state index in [0.29, 0.717) is 11.6 Å². The van der Waals surface area contributed by atoms with Gasteiger partial charge in [0.15, 0.2) is 5.65 Å². The van der Waals surface area contributed by atoms with Gasteiger partial charge in [0, 0.05) is 6.54 Å². The van der Waals surface area contributed by atoms with E-state index in [1.165, 1.54) is 36.0 Å². The minimum Gasteiger partial charge on any atom is -0.353 e. The van der Waals surface area contributed by atoms with Crippen molar-refractivity contribution < 1.29 is 4.39 Å². The summed E-state index contributed by atoms with van der Waals surface area (Å²) in [5, 5.41) is 7.29. The predicted molar refractivity (Wildman–Crippen MR) is 65.6 cm³/mol. The van der Waals surface area contributed by atoms with Crippen molar-refractivity contribution in [3.05, 3.63) is 24.1 Å². The number of pyridine rings is 1. The maximum Gasteiger partial charge on any atom is 0.243 e. The molecule has 0 radical (unpaired) electrons. The Labute approximate surface area is 99.9 Å². The van der Waals surface area contributed by atoms with Gasteiger partial charge in [0.1, 0.15) is 5.82 Å². The minimum atomic E-state index is -0.308. The Bertz CT molecular complexity index is 480. The number of rotatable bonds is 6. The summed E-state index contributed by atoms with van der Waals surface area (Å²) in [7, 11) is 0. The Morgan fingerprint density at radius 3 is 3.00 bits per heavy atom. The molecule has 17 heavy (non-hydrogen) atoms. The first-order chi connectivity index (χ1) is 8.29. The van der Waals surface area contributed by atoms with Crippen LogP contribution in [0.5, 0.6) is 0 Å². The Hall–Kier alpha value is -1.65. The van der Waals surface area contributed by atoms with Crippen LogP contribution in [0.2, 0.25) is 0 Å². The van der Waals surface area contributed by atoms with Gasteiger partial charge in [-0.25, -0.2) is 8.91 Å². The number of nitrogens with one attached hydrogen (secondary N) is 1. The van der Waals surface area contributed by atoms with Crippen molar-refractivity contribution >= 4 is 11.6 Å². The first kappa shape index (κ1) is 11.8. The SMILES string of the molecule is CCCCCCNc1nc2ccc(F)cn2n1. The third-order valence-corrected chi connectivity index (χ3v) is 2.61. The molecule has 0 bridgehead atoms. The van der Waals surface area contributed by atoms with Crippen molar-refractivity contribution in [3.63, 3.8) is 0 Å². The first-order valence-corrected chi connectivity index (χ1v) is 6.05. The smallest absolute Gasteiger partial charge is 0.243 e. The molecule has 2 aromatic heterocycles. The van der Waals surface area contributed by atoms with E-state index in [2.05, 4.69) is 22.3 Å². The second-order valence-corrected chi connectivity index (χ2v) is 4.07. The molecule has 92 valence electrons. The number of hydrogen-bond donors (Lipinski definition) is 1. The summed E-state index contributed by atoms with van der Waals surface area (Å²) < 4.78 is 14.4. The summed E-state index contributed by atoms with van der Waals surface area (Å²) in [6, 6.07) is 3.00. The lowest BCUT2D eigenvalue weighted by molar-refractivity contribution is 0.614. The molecule has 0 saturated heterocycles. The molecule has 0 saturated carbocycles. The van der Waals surface area contributed by atoms with Gasteiger partial charge in [-0.15, -0.1) is 5.10 Å². The Morgan fingerprint density at radius 1 is 1.29 bits per heavy atom. The second-order valence-electron chi connectivity index (χ2n) is 4.07. The molecule has 4 nitrogen and oxygen atoms in total. The Balaban J connectivity index is 1.91. The quantitative estimate of drug-likeness (QED) is 0.784. The number of halogens is 1. The molecule has 2 heterocycles. The maximum atomic E-state index is 12.9. The number of anilines is 1. The number of fused-ring (bicyclic) bond motifs is 1. The van der Waals surface area contributed by atoms with Crippen molar-refractivity contribution in [1.29, 1.82) is 0 Å². The van der Waals surface area contributed by atoms with E-state index in [1.54, 1.807) is 6.07 Å². The average Bonchev–Trinajstić information content (AvgIpc) is 2.70. The molecular weight excluding hydrogens is 219 g/mol. The molecule has 0 aliphatic rings. The van der Waals surface area contributed by atoms with Crippen molar-refractivity contribution in [2.45, 2.75) is 32.6 Å². The van der Waals surface area contributed by atoms with Crippen LogP contribution in [-0.4, -0.2) is 21.1 Å². The summed E-state index contributed by atoms with van der Waals surface area (Å²) in [6.45, 7) is 3.05.